The summed E-state index contributed by atoms with van der Waals surface area (Å²) in [7, 11) is 4.72. The van der Waals surface area contributed by atoms with E-state index in [1.54, 1.807) is 48.1 Å². The Kier molecular flexibility index (Phi) is 6.02. The first-order chi connectivity index (χ1) is 12.0. The fourth-order valence-electron chi connectivity index (χ4n) is 2.29. The molecule has 0 bridgehead atoms. The highest BCUT2D eigenvalue weighted by Gasteiger charge is 2.18. The molecule has 8 heteroatoms. The van der Waals surface area contributed by atoms with E-state index < -0.39 is 17.9 Å². The van der Waals surface area contributed by atoms with Gasteiger partial charge < -0.3 is 29.8 Å². The molecule has 0 fully saturated rings. The zero-order valence-corrected chi connectivity index (χ0v) is 14.3. The summed E-state index contributed by atoms with van der Waals surface area (Å²) in [4.78, 5) is 24.0. The Hall–Kier alpha value is -3.00. The molecule has 0 saturated heterocycles. The zero-order chi connectivity index (χ0) is 18.4. The van der Waals surface area contributed by atoms with Crippen molar-refractivity contribution in [3.8, 4) is 11.5 Å². The van der Waals surface area contributed by atoms with E-state index >= 15 is 0 Å². The Morgan fingerprint density at radius 1 is 1.20 bits per heavy atom. The Balaban J connectivity index is 1.96. The van der Waals surface area contributed by atoms with Crippen LogP contribution in [0.5, 0.6) is 11.5 Å². The van der Waals surface area contributed by atoms with Gasteiger partial charge in [0.2, 0.25) is 0 Å². The Morgan fingerprint density at radius 2 is 1.96 bits per heavy atom. The number of aromatic nitrogens is 1. The van der Waals surface area contributed by atoms with Crippen molar-refractivity contribution in [3.05, 3.63) is 42.2 Å². The van der Waals surface area contributed by atoms with Gasteiger partial charge in [0.05, 0.1) is 19.9 Å². The molecule has 1 heterocycles. The number of carbonyl (C=O) groups is 2. The van der Waals surface area contributed by atoms with Gasteiger partial charge in [0.25, 0.3) is 0 Å². The van der Waals surface area contributed by atoms with Crippen LogP contribution in [-0.2, 0) is 16.6 Å². The molecule has 2 amide bonds. The number of amides is 2. The highest BCUT2D eigenvalue weighted by Crippen LogP contribution is 2.28. The van der Waals surface area contributed by atoms with E-state index in [1.807, 2.05) is 0 Å². The first kappa shape index (κ1) is 18.3. The molecule has 2 aromatic rings. The average Bonchev–Trinajstić information content (AvgIpc) is 3.05. The van der Waals surface area contributed by atoms with E-state index in [0.29, 0.717) is 22.9 Å². The zero-order valence-electron chi connectivity index (χ0n) is 14.3. The largest absolute Gasteiger partial charge is 0.497 e. The van der Waals surface area contributed by atoms with E-state index in [0.717, 1.165) is 0 Å². The lowest BCUT2D eigenvalue weighted by Crippen LogP contribution is -2.37. The maximum Gasteiger partial charge on any atom is 0.313 e. The summed E-state index contributed by atoms with van der Waals surface area (Å²) in [6, 6.07) is 8.35. The predicted molar refractivity (Wildman–Crippen MR) is 91.6 cm³/mol. The molecule has 134 valence electrons. The fourth-order valence-corrected chi connectivity index (χ4v) is 2.29. The molecule has 0 radical (unpaired) electrons. The normalized spacial score (nSPS) is 11.5. The molecule has 0 aliphatic heterocycles. The maximum atomic E-state index is 12.0. The van der Waals surface area contributed by atoms with Crippen LogP contribution in [-0.4, -0.2) is 42.3 Å². The van der Waals surface area contributed by atoms with Gasteiger partial charge in [0.1, 0.15) is 17.6 Å². The highest BCUT2D eigenvalue weighted by molar-refractivity contribution is 6.39. The lowest BCUT2D eigenvalue weighted by molar-refractivity contribution is -0.136. The van der Waals surface area contributed by atoms with Gasteiger partial charge in [-0.25, -0.2) is 0 Å². The van der Waals surface area contributed by atoms with Crippen molar-refractivity contribution < 1.29 is 24.2 Å². The summed E-state index contributed by atoms with van der Waals surface area (Å²) in [5.74, 6) is -0.829. The lowest BCUT2D eigenvalue weighted by Gasteiger charge is -2.14. The maximum absolute atomic E-state index is 12.0. The third-order valence-electron chi connectivity index (χ3n) is 3.64. The smallest absolute Gasteiger partial charge is 0.313 e. The number of nitrogens with zero attached hydrogens (tertiary/aromatic N) is 1. The standard InChI is InChI=1S/C17H21N3O5/c1-20-8-4-5-13(20)14(21)10-18-16(22)17(23)19-12-9-11(24-2)6-7-15(12)25-3/h4-9,14,21H,10H2,1-3H3,(H,18,22)(H,19,23). The summed E-state index contributed by atoms with van der Waals surface area (Å²) >= 11 is 0. The van der Waals surface area contributed by atoms with Gasteiger partial charge in [-0.1, -0.05) is 0 Å². The first-order valence-electron chi connectivity index (χ1n) is 7.56. The molecule has 25 heavy (non-hydrogen) atoms. The third-order valence-corrected chi connectivity index (χ3v) is 3.64. The van der Waals surface area contributed by atoms with Gasteiger partial charge in [-0.05, 0) is 24.3 Å². The number of ether oxygens (including phenoxy) is 2. The molecule has 3 N–H and O–H groups in total. The van der Waals surface area contributed by atoms with Crippen LogP contribution in [0.4, 0.5) is 5.69 Å². The summed E-state index contributed by atoms with van der Waals surface area (Å²) in [5, 5.41) is 14.9. The first-order valence-corrected chi connectivity index (χ1v) is 7.56. The average molecular weight is 347 g/mol. The van der Waals surface area contributed by atoms with Crippen LogP contribution in [0.1, 0.15) is 11.8 Å². The second-order valence-electron chi connectivity index (χ2n) is 5.29. The summed E-state index contributed by atoms with van der Waals surface area (Å²) in [5.41, 5.74) is 0.945. The predicted octanol–water partition coefficient (Wildman–Crippen LogP) is 0.831. The number of carbonyl (C=O) groups excluding carboxylic acids is 2. The van der Waals surface area contributed by atoms with Crippen molar-refractivity contribution in [1.82, 2.24) is 9.88 Å². The molecular formula is C17H21N3O5. The minimum absolute atomic E-state index is 0.0840. The van der Waals surface area contributed by atoms with Crippen LogP contribution in [0.15, 0.2) is 36.5 Å². The molecule has 2 rings (SSSR count). The topological polar surface area (TPSA) is 102 Å². The van der Waals surface area contributed by atoms with Crippen molar-refractivity contribution in [2.75, 3.05) is 26.1 Å². The molecule has 1 aromatic heterocycles. The number of benzene rings is 1. The van der Waals surface area contributed by atoms with E-state index in [-0.39, 0.29) is 6.54 Å². The number of anilines is 1. The number of aliphatic hydroxyl groups is 1. The van der Waals surface area contributed by atoms with Crippen molar-refractivity contribution in [2.24, 2.45) is 7.05 Å². The fraction of sp³-hybridized carbons (Fsp3) is 0.294. The quantitative estimate of drug-likeness (QED) is 0.672. The second kappa shape index (κ2) is 8.20. The van der Waals surface area contributed by atoms with Gasteiger partial charge in [-0.3, -0.25) is 9.59 Å². The minimum Gasteiger partial charge on any atom is -0.497 e. The van der Waals surface area contributed by atoms with Gasteiger partial charge in [0.15, 0.2) is 0 Å². The van der Waals surface area contributed by atoms with Gasteiger partial charge in [-0.2, -0.15) is 0 Å². The van der Waals surface area contributed by atoms with E-state index in [4.69, 9.17) is 9.47 Å². The number of aryl methyl sites for hydroxylation is 1. The third kappa shape index (κ3) is 4.51. The van der Waals surface area contributed by atoms with Crippen molar-refractivity contribution in [1.29, 1.82) is 0 Å². The van der Waals surface area contributed by atoms with Gasteiger partial charge in [0, 0.05) is 31.5 Å². The monoisotopic (exact) mass is 347 g/mol. The molecule has 8 nitrogen and oxygen atoms in total. The van der Waals surface area contributed by atoms with Crippen LogP contribution < -0.4 is 20.1 Å². The highest BCUT2D eigenvalue weighted by atomic mass is 16.5. The van der Waals surface area contributed by atoms with Gasteiger partial charge >= 0.3 is 11.8 Å². The number of aliphatic hydroxyl groups excluding tert-OH is 1. The molecule has 1 unspecified atom stereocenters. The number of nitrogens with one attached hydrogen (secondary N) is 2. The number of methoxy groups -OCH3 is 2. The summed E-state index contributed by atoms with van der Waals surface area (Å²) in [6.07, 6.45) is 0.866. The van der Waals surface area contributed by atoms with E-state index in [1.165, 1.54) is 14.2 Å². The molecule has 0 aliphatic carbocycles. The summed E-state index contributed by atoms with van der Waals surface area (Å²) in [6.45, 7) is -0.0840. The van der Waals surface area contributed by atoms with Gasteiger partial charge in [-0.15, -0.1) is 0 Å². The molecule has 1 atom stereocenters. The Morgan fingerprint density at radius 3 is 2.56 bits per heavy atom. The molecule has 0 spiro atoms. The van der Waals surface area contributed by atoms with E-state index in [9.17, 15) is 14.7 Å². The van der Waals surface area contributed by atoms with Crippen LogP contribution in [0.25, 0.3) is 0 Å². The number of rotatable bonds is 6. The van der Waals surface area contributed by atoms with E-state index in [2.05, 4.69) is 10.6 Å². The molecule has 0 saturated carbocycles. The number of hydrogen-bond acceptors (Lipinski definition) is 5. The van der Waals surface area contributed by atoms with Crippen LogP contribution in [0.3, 0.4) is 0 Å². The van der Waals surface area contributed by atoms with Crippen LogP contribution >= 0.6 is 0 Å². The Bertz CT molecular complexity index is 756. The lowest BCUT2D eigenvalue weighted by atomic mass is 10.2. The molecule has 1 aromatic carbocycles. The SMILES string of the molecule is COc1ccc(OC)c(NC(=O)C(=O)NCC(O)c2cccn2C)c1. The van der Waals surface area contributed by atoms with Crippen molar-refractivity contribution >= 4 is 17.5 Å². The Labute approximate surface area is 145 Å². The van der Waals surface area contributed by atoms with Crippen molar-refractivity contribution in [2.45, 2.75) is 6.10 Å². The van der Waals surface area contributed by atoms with Crippen molar-refractivity contribution in [3.63, 3.8) is 0 Å². The minimum atomic E-state index is -0.914. The molecule has 0 aliphatic rings. The number of hydrogen-bond donors (Lipinski definition) is 3. The molecular weight excluding hydrogens is 326 g/mol. The summed E-state index contributed by atoms with van der Waals surface area (Å²) < 4.78 is 12.0. The van der Waals surface area contributed by atoms with Crippen LogP contribution in [0, 0.1) is 0 Å². The second-order valence-corrected chi connectivity index (χ2v) is 5.29. The van der Waals surface area contributed by atoms with Crippen LogP contribution in [0.2, 0.25) is 0 Å².